The predicted molar refractivity (Wildman–Crippen MR) is 81.1 cm³/mol. The number of aromatic amines is 1. The number of rotatable bonds is 4. The number of anilines is 1. The van der Waals surface area contributed by atoms with E-state index in [4.69, 9.17) is 4.74 Å². The van der Waals surface area contributed by atoms with Gasteiger partial charge in [-0.15, -0.1) is 0 Å². The van der Waals surface area contributed by atoms with Gasteiger partial charge in [-0.25, -0.2) is 9.97 Å². The number of nitrogens with zero attached hydrogens (tertiary/aromatic N) is 3. The first kappa shape index (κ1) is 14.0. The fourth-order valence-corrected chi connectivity index (χ4v) is 2.69. The molecule has 112 valence electrons. The van der Waals surface area contributed by atoms with Crippen molar-refractivity contribution in [1.82, 2.24) is 19.9 Å². The van der Waals surface area contributed by atoms with Gasteiger partial charge in [0.2, 0.25) is 0 Å². The Morgan fingerprint density at radius 3 is 3.14 bits per heavy atom. The summed E-state index contributed by atoms with van der Waals surface area (Å²) in [5, 5.41) is 3.15. The maximum atomic E-state index is 5.64. The smallest absolute Gasteiger partial charge is 0.130 e. The lowest BCUT2D eigenvalue weighted by atomic mass is 10.1. The Labute approximate surface area is 124 Å². The van der Waals surface area contributed by atoms with Gasteiger partial charge in [0, 0.05) is 43.8 Å². The van der Waals surface area contributed by atoms with Gasteiger partial charge in [-0.05, 0) is 13.0 Å². The molecular formula is C15H21N5O. The van der Waals surface area contributed by atoms with Gasteiger partial charge < -0.3 is 15.0 Å². The first-order valence-electron chi connectivity index (χ1n) is 7.23. The van der Waals surface area contributed by atoms with Crippen LogP contribution in [0.4, 0.5) is 5.82 Å². The van der Waals surface area contributed by atoms with Crippen molar-refractivity contribution in [3.05, 3.63) is 41.6 Å². The lowest BCUT2D eigenvalue weighted by Gasteiger charge is -2.34. The van der Waals surface area contributed by atoms with Gasteiger partial charge in [-0.3, -0.25) is 4.90 Å². The summed E-state index contributed by atoms with van der Waals surface area (Å²) in [6, 6.07) is 4.25. The van der Waals surface area contributed by atoms with Crippen LogP contribution >= 0.6 is 0 Å². The van der Waals surface area contributed by atoms with E-state index in [0.717, 1.165) is 37.0 Å². The average molecular weight is 287 g/mol. The van der Waals surface area contributed by atoms with Gasteiger partial charge in [-0.2, -0.15) is 0 Å². The Morgan fingerprint density at radius 2 is 2.38 bits per heavy atom. The molecule has 1 aliphatic rings. The summed E-state index contributed by atoms with van der Waals surface area (Å²) in [5.74, 6) is 1.90. The zero-order chi connectivity index (χ0) is 14.7. The number of pyridine rings is 1. The monoisotopic (exact) mass is 287 g/mol. The van der Waals surface area contributed by atoms with Crippen LogP contribution in [0.15, 0.2) is 24.5 Å². The number of H-pyrrole nitrogens is 1. The zero-order valence-electron chi connectivity index (χ0n) is 12.5. The molecule has 6 heteroatoms. The van der Waals surface area contributed by atoms with E-state index in [9.17, 15) is 0 Å². The van der Waals surface area contributed by atoms with Crippen LogP contribution in [0.2, 0.25) is 0 Å². The molecule has 0 radical (unpaired) electrons. The molecule has 6 nitrogen and oxygen atoms in total. The fourth-order valence-electron chi connectivity index (χ4n) is 2.69. The Morgan fingerprint density at radius 1 is 1.48 bits per heavy atom. The number of ether oxygens (including phenoxy) is 1. The van der Waals surface area contributed by atoms with Crippen LogP contribution in [-0.4, -0.2) is 46.7 Å². The fraction of sp³-hybridized carbons (Fsp3) is 0.467. The molecule has 1 saturated heterocycles. The normalized spacial score (nSPS) is 19.6. The molecule has 1 atom stereocenters. The molecule has 1 fully saturated rings. The molecule has 2 N–H and O–H groups in total. The highest BCUT2D eigenvalue weighted by Crippen LogP contribution is 2.25. The molecule has 21 heavy (non-hydrogen) atoms. The second-order valence-electron chi connectivity index (χ2n) is 5.27. The number of hydrogen-bond donors (Lipinski definition) is 2. The second kappa shape index (κ2) is 6.24. The van der Waals surface area contributed by atoms with Crippen LogP contribution in [-0.2, 0) is 11.3 Å². The highest BCUT2D eigenvalue weighted by atomic mass is 16.5. The summed E-state index contributed by atoms with van der Waals surface area (Å²) in [6.07, 6.45) is 3.67. The van der Waals surface area contributed by atoms with E-state index in [1.165, 1.54) is 5.56 Å². The first-order chi connectivity index (χ1) is 10.3. The molecule has 0 bridgehead atoms. The van der Waals surface area contributed by atoms with Crippen molar-refractivity contribution >= 4 is 5.82 Å². The standard InChI is InChI=1S/C15H21N5O/c1-11-8-18-15(19-11)13-10-21-7-6-20(13)9-12-4-3-5-17-14(12)16-2/h3-5,8,13H,6-7,9-10H2,1-2H3,(H,16,17)(H,18,19)/t13-/m0/s1. The van der Waals surface area contributed by atoms with E-state index in [2.05, 4.69) is 31.2 Å². The molecule has 3 rings (SSSR count). The number of hydrogen-bond acceptors (Lipinski definition) is 5. The molecule has 0 aromatic carbocycles. The van der Waals surface area contributed by atoms with E-state index >= 15 is 0 Å². The first-order valence-corrected chi connectivity index (χ1v) is 7.23. The van der Waals surface area contributed by atoms with Crippen LogP contribution in [0.5, 0.6) is 0 Å². The van der Waals surface area contributed by atoms with Gasteiger partial charge in [0.1, 0.15) is 11.6 Å². The maximum Gasteiger partial charge on any atom is 0.130 e. The van der Waals surface area contributed by atoms with Gasteiger partial charge >= 0.3 is 0 Å². The van der Waals surface area contributed by atoms with Crippen LogP contribution in [0.1, 0.15) is 23.1 Å². The minimum Gasteiger partial charge on any atom is -0.378 e. The Hall–Kier alpha value is -1.92. The lowest BCUT2D eigenvalue weighted by molar-refractivity contribution is -0.0156. The van der Waals surface area contributed by atoms with E-state index in [1.54, 1.807) is 0 Å². The summed E-state index contributed by atoms with van der Waals surface area (Å²) >= 11 is 0. The SMILES string of the molecule is CNc1ncccc1CN1CCOC[C@H]1c1ncc(C)[nH]1. The van der Waals surface area contributed by atoms with Crippen molar-refractivity contribution in [1.29, 1.82) is 0 Å². The maximum absolute atomic E-state index is 5.64. The molecule has 0 aliphatic carbocycles. The molecule has 0 unspecified atom stereocenters. The van der Waals surface area contributed by atoms with E-state index in [1.807, 2.05) is 32.4 Å². The third-order valence-electron chi connectivity index (χ3n) is 3.78. The summed E-state index contributed by atoms with van der Waals surface area (Å²) in [6.45, 7) is 5.17. The third kappa shape index (κ3) is 3.06. The Bertz CT molecular complexity index is 597. The molecule has 2 aromatic rings. The van der Waals surface area contributed by atoms with Crippen LogP contribution in [0, 0.1) is 6.92 Å². The van der Waals surface area contributed by atoms with E-state index in [-0.39, 0.29) is 6.04 Å². The van der Waals surface area contributed by atoms with Gasteiger partial charge in [0.05, 0.1) is 19.3 Å². The Balaban J connectivity index is 1.81. The highest BCUT2D eigenvalue weighted by molar-refractivity contribution is 5.42. The average Bonchev–Trinajstić information content (AvgIpc) is 2.95. The van der Waals surface area contributed by atoms with Crippen molar-refractivity contribution in [3.63, 3.8) is 0 Å². The largest absolute Gasteiger partial charge is 0.378 e. The minimum absolute atomic E-state index is 0.164. The topological polar surface area (TPSA) is 66.1 Å². The Kier molecular flexibility index (Phi) is 4.17. The summed E-state index contributed by atoms with van der Waals surface area (Å²) in [4.78, 5) is 14.6. The van der Waals surface area contributed by atoms with E-state index < -0.39 is 0 Å². The lowest BCUT2D eigenvalue weighted by Crippen LogP contribution is -2.39. The third-order valence-corrected chi connectivity index (χ3v) is 3.78. The van der Waals surface area contributed by atoms with Gasteiger partial charge in [-0.1, -0.05) is 6.07 Å². The molecule has 1 aliphatic heterocycles. The zero-order valence-corrected chi connectivity index (χ0v) is 12.5. The number of imidazole rings is 1. The predicted octanol–water partition coefficient (Wildman–Crippen LogP) is 1.73. The van der Waals surface area contributed by atoms with Crippen molar-refractivity contribution < 1.29 is 4.74 Å². The number of aromatic nitrogens is 3. The summed E-state index contributed by atoms with van der Waals surface area (Å²) in [5.41, 5.74) is 2.27. The number of aryl methyl sites for hydroxylation is 1. The molecule has 0 spiro atoms. The number of morpholine rings is 1. The summed E-state index contributed by atoms with van der Waals surface area (Å²) in [7, 11) is 1.90. The molecule has 3 heterocycles. The molecule has 0 saturated carbocycles. The van der Waals surface area contributed by atoms with Crippen molar-refractivity contribution in [2.45, 2.75) is 19.5 Å². The van der Waals surface area contributed by atoms with Crippen molar-refractivity contribution in [3.8, 4) is 0 Å². The summed E-state index contributed by atoms with van der Waals surface area (Å²) < 4.78 is 5.64. The molecular weight excluding hydrogens is 266 g/mol. The minimum atomic E-state index is 0.164. The molecule has 2 aromatic heterocycles. The highest BCUT2D eigenvalue weighted by Gasteiger charge is 2.27. The van der Waals surface area contributed by atoms with Crippen LogP contribution < -0.4 is 5.32 Å². The van der Waals surface area contributed by atoms with Crippen LogP contribution in [0.3, 0.4) is 0 Å². The van der Waals surface area contributed by atoms with E-state index in [0.29, 0.717) is 6.61 Å². The number of nitrogens with one attached hydrogen (secondary N) is 2. The van der Waals surface area contributed by atoms with Crippen molar-refractivity contribution in [2.75, 3.05) is 32.1 Å². The van der Waals surface area contributed by atoms with Crippen LogP contribution in [0.25, 0.3) is 0 Å². The van der Waals surface area contributed by atoms with Crippen molar-refractivity contribution in [2.24, 2.45) is 0 Å². The quantitative estimate of drug-likeness (QED) is 0.896. The van der Waals surface area contributed by atoms with Gasteiger partial charge in [0.15, 0.2) is 0 Å². The second-order valence-corrected chi connectivity index (χ2v) is 5.27. The van der Waals surface area contributed by atoms with Gasteiger partial charge in [0.25, 0.3) is 0 Å². The molecule has 0 amide bonds.